The van der Waals surface area contributed by atoms with Gasteiger partial charge < -0.3 is 15.2 Å². The summed E-state index contributed by atoms with van der Waals surface area (Å²) in [6, 6.07) is 12.9. The van der Waals surface area contributed by atoms with E-state index in [0.29, 0.717) is 6.42 Å². The van der Waals surface area contributed by atoms with Gasteiger partial charge in [0.2, 0.25) is 0 Å². The first-order chi connectivity index (χ1) is 16.5. The van der Waals surface area contributed by atoms with Crippen LogP contribution in [0.1, 0.15) is 39.2 Å². The molecule has 0 bridgehead atoms. The summed E-state index contributed by atoms with van der Waals surface area (Å²) in [4.78, 5) is 30.0. The molecule has 1 amide bonds. The fourth-order valence-corrected chi connectivity index (χ4v) is 5.50. The van der Waals surface area contributed by atoms with E-state index in [1.54, 1.807) is 32.9 Å². The molecule has 1 aliphatic heterocycles. The van der Waals surface area contributed by atoms with Gasteiger partial charge in [-0.2, -0.15) is 4.31 Å². The number of ether oxygens (including phenoxy) is 1. The number of nitrogens with zero attached hydrogens (tertiary/aromatic N) is 2. The summed E-state index contributed by atoms with van der Waals surface area (Å²) in [7, 11) is -3.91. The highest BCUT2D eigenvalue weighted by Crippen LogP contribution is 2.25. The number of sulfonamides is 1. The lowest BCUT2D eigenvalue weighted by atomic mass is 9.87. The number of rotatable bonds is 7. The van der Waals surface area contributed by atoms with E-state index < -0.39 is 39.8 Å². The molecular formula is C25H33N3O6S. The van der Waals surface area contributed by atoms with Gasteiger partial charge >= 0.3 is 6.09 Å². The second-order valence-corrected chi connectivity index (χ2v) is 11.5. The predicted octanol–water partition coefficient (Wildman–Crippen LogP) is 2.55. The molecule has 1 fully saturated rings. The molecule has 3 rings (SSSR count). The monoisotopic (exact) mass is 503 g/mol. The number of alkyl carbamates (subject to hydrolysis) is 1. The van der Waals surface area contributed by atoms with Crippen molar-refractivity contribution in [2.24, 2.45) is 5.92 Å². The van der Waals surface area contributed by atoms with Gasteiger partial charge in [0.05, 0.1) is 12.1 Å². The second kappa shape index (κ2) is 11.3. The molecule has 2 N–H and O–H groups in total. The number of ketones is 1. The number of pyridine rings is 1. The maximum Gasteiger partial charge on any atom is 0.408 e. The van der Waals surface area contributed by atoms with Crippen LogP contribution in [0.3, 0.4) is 0 Å². The van der Waals surface area contributed by atoms with Crippen LogP contribution in [0.5, 0.6) is 0 Å². The SMILES string of the molecule is CC(C)(C)OC(=O)N[C@@H](Cc1ccccc1)C(=O)C1CCCN(S(=O)(=O)c2ccccn2)CC1O. The van der Waals surface area contributed by atoms with E-state index in [1.165, 1.54) is 16.6 Å². The van der Waals surface area contributed by atoms with Crippen LogP contribution >= 0.6 is 0 Å². The molecule has 1 saturated heterocycles. The molecule has 9 nitrogen and oxygen atoms in total. The Bertz CT molecular complexity index is 1100. The number of benzene rings is 1. The highest BCUT2D eigenvalue weighted by Gasteiger charge is 2.39. The van der Waals surface area contributed by atoms with E-state index in [1.807, 2.05) is 30.3 Å². The van der Waals surface area contributed by atoms with Crippen LogP contribution in [0.4, 0.5) is 4.79 Å². The van der Waals surface area contributed by atoms with Crippen LogP contribution in [0.15, 0.2) is 59.8 Å². The van der Waals surface area contributed by atoms with Crippen LogP contribution in [0.2, 0.25) is 0 Å². The van der Waals surface area contributed by atoms with Gasteiger partial charge in [-0.1, -0.05) is 36.4 Å². The van der Waals surface area contributed by atoms with E-state index in [9.17, 15) is 23.1 Å². The molecule has 0 radical (unpaired) electrons. The summed E-state index contributed by atoms with van der Waals surface area (Å²) in [6.45, 7) is 5.10. The predicted molar refractivity (Wildman–Crippen MR) is 130 cm³/mol. The molecule has 1 aromatic heterocycles. The number of Topliss-reactive ketones (excluding diaryl/α,β-unsaturated/α-hetero) is 1. The van der Waals surface area contributed by atoms with Gasteiger partial charge in [0.25, 0.3) is 10.0 Å². The van der Waals surface area contributed by atoms with Crippen molar-refractivity contribution >= 4 is 21.9 Å². The normalized spacial score (nSPS) is 20.5. The molecule has 0 aliphatic carbocycles. The Morgan fingerprint density at radius 2 is 1.86 bits per heavy atom. The Morgan fingerprint density at radius 3 is 2.49 bits per heavy atom. The molecule has 0 spiro atoms. The zero-order valence-corrected chi connectivity index (χ0v) is 21.1. The molecule has 3 atom stereocenters. The smallest absolute Gasteiger partial charge is 0.408 e. The van der Waals surface area contributed by atoms with E-state index in [-0.39, 0.29) is 36.7 Å². The maximum atomic E-state index is 13.6. The quantitative estimate of drug-likeness (QED) is 0.595. The molecule has 2 aromatic rings. The highest BCUT2D eigenvalue weighted by molar-refractivity contribution is 7.89. The number of hydrogen-bond donors (Lipinski definition) is 2. The third-order valence-electron chi connectivity index (χ3n) is 5.70. The summed E-state index contributed by atoms with van der Waals surface area (Å²) in [5, 5.41) is 13.5. The lowest BCUT2D eigenvalue weighted by Crippen LogP contribution is -2.49. The molecule has 190 valence electrons. The minimum Gasteiger partial charge on any atom is -0.444 e. The van der Waals surface area contributed by atoms with Gasteiger partial charge in [0.15, 0.2) is 10.8 Å². The van der Waals surface area contributed by atoms with Gasteiger partial charge in [-0.3, -0.25) is 4.79 Å². The van der Waals surface area contributed by atoms with Crippen LogP contribution in [-0.2, 0) is 26.0 Å². The lowest BCUT2D eigenvalue weighted by Gasteiger charge is -2.28. The largest absolute Gasteiger partial charge is 0.444 e. The van der Waals surface area contributed by atoms with Crippen LogP contribution in [-0.4, -0.2) is 65.5 Å². The Morgan fingerprint density at radius 1 is 1.17 bits per heavy atom. The Kier molecular flexibility index (Phi) is 8.63. The zero-order valence-electron chi connectivity index (χ0n) is 20.3. The van der Waals surface area contributed by atoms with Crippen molar-refractivity contribution in [1.29, 1.82) is 0 Å². The Labute approximate surface area is 206 Å². The molecule has 1 aliphatic rings. The molecule has 2 unspecified atom stereocenters. The van der Waals surface area contributed by atoms with Gasteiger partial charge in [-0.25, -0.2) is 18.2 Å². The minimum absolute atomic E-state index is 0.106. The van der Waals surface area contributed by atoms with Crippen LogP contribution in [0.25, 0.3) is 0 Å². The van der Waals surface area contributed by atoms with E-state index in [2.05, 4.69) is 10.3 Å². The van der Waals surface area contributed by atoms with Crippen LogP contribution < -0.4 is 5.32 Å². The van der Waals surface area contributed by atoms with Gasteiger partial charge in [0.1, 0.15) is 5.60 Å². The van der Waals surface area contributed by atoms with E-state index >= 15 is 0 Å². The molecule has 35 heavy (non-hydrogen) atoms. The number of hydrogen-bond acceptors (Lipinski definition) is 7. The number of carbonyl (C=O) groups is 2. The second-order valence-electron chi connectivity index (χ2n) is 9.64. The van der Waals surface area contributed by atoms with Gasteiger partial charge in [-0.05, 0) is 57.7 Å². The number of amides is 1. The van der Waals surface area contributed by atoms with E-state index in [0.717, 1.165) is 5.56 Å². The Balaban J connectivity index is 1.79. The topological polar surface area (TPSA) is 126 Å². The number of aliphatic hydroxyl groups is 1. The van der Waals surface area contributed by atoms with Crippen molar-refractivity contribution in [3.63, 3.8) is 0 Å². The maximum absolute atomic E-state index is 13.6. The average molecular weight is 504 g/mol. The van der Waals surface area contributed by atoms with E-state index in [4.69, 9.17) is 4.74 Å². The average Bonchev–Trinajstić information content (AvgIpc) is 3.00. The molecule has 1 aromatic carbocycles. The summed E-state index contributed by atoms with van der Waals surface area (Å²) < 4.78 is 32.5. The standard InChI is InChI=1S/C25H33N3O6S/c1-25(2,3)34-24(31)27-20(16-18-10-5-4-6-11-18)23(30)19-12-9-15-28(17-21(19)29)35(32,33)22-13-7-8-14-26-22/h4-8,10-11,13-14,19-21,29H,9,12,15-17H2,1-3H3,(H,27,31)/t19?,20-,21?/m0/s1. The lowest BCUT2D eigenvalue weighted by molar-refractivity contribution is -0.128. The first-order valence-electron chi connectivity index (χ1n) is 11.6. The summed E-state index contributed by atoms with van der Waals surface area (Å²) in [5.74, 6) is -1.20. The van der Waals surface area contributed by atoms with Crippen LogP contribution in [0, 0.1) is 5.92 Å². The summed E-state index contributed by atoms with van der Waals surface area (Å²) in [5.41, 5.74) is 0.0939. The number of aliphatic hydroxyl groups excluding tert-OH is 1. The van der Waals surface area contributed by atoms with Gasteiger partial charge in [-0.15, -0.1) is 0 Å². The number of aromatic nitrogens is 1. The van der Waals surface area contributed by atoms with Crippen molar-refractivity contribution < 1.29 is 27.9 Å². The highest BCUT2D eigenvalue weighted by atomic mass is 32.2. The van der Waals surface area contributed by atoms with Crippen molar-refractivity contribution in [1.82, 2.24) is 14.6 Å². The van der Waals surface area contributed by atoms with Crippen molar-refractivity contribution in [2.45, 2.75) is 62.8 Å². The fourth-order valence-electron chi connectivity index (χ4n) is 4.07. The first-order valence-corrected chi connectivity index (χ1v) is 13.1. The Hall–Kier alpha value is -2.82. The molecular weight excluding hydrogens is 470 g/mol. The van der Waals surface area contributed by atoms with Gasteiger partial charge in [0, 0.05) is 25.2 Å². The molecule has 2 heterocycles. The number of nitrogens with one attached hydrogen (secondary N) is 1. The summed E-state index contributed by atoms with van der Waals surface area (Å²) >= 11 is 0. The molecule has 10 heteroatoms. The van der Waals surface area contributed by atoms with Crippen molar-refractivity contribution in [3.8, 4) is 0 Å². The third kappa shape index (κ3) is 7.33. The zero-order chi connectivity index (χ0) is 25.6. The third-order valence-corrected chi connectivity index (χ3v) is 7.48. The van der Waals surface area contributed by atoms with Crippen molar-refractivity contribution in [2.75, 3.05) is 13.1 Å². The molecule has 0 saturated carbocycles. The van der Waals surface area contributed by atoms with Crippen molar-refractivity contribution in [3.05, 3.63) is 60.3 Å². The number of carbonyl (C=O) groups excluding carboxylic acids is 2. The summed E-state index contributed by atoms with van der Waals surface area (Å²) in [6.07, 6.45) is 0.318. The first kappa shape index (κ1) is 26.8. The minimum atomic E-state index is -3.91. The fraction of sp³-hybridized carbons (Fsp3) is 0.480. The number of β-amino-alcohol motifs (C(OH)–C–C–N with tert-alkyl or cyclic N) is 1.